The molecule has 0 aliphatic carbocycles. The fourth-order valence-corrected chi connectivity index (χ4v) is 3.85. The molecule has 6 nitrogen and oxygen atoms in total. The normalized spacial score (nSPS) is 12.3. The van der Waals surface area contributed by atoms with Crippen molar-refractivity contribution in [1.82, 2.24) is 20.1 Å². The highest BCUT2D eigenvalue weighted by Gasteiger charge is 2.23. The van der Waals surface area contributed by atoms with Gasteiger partial charge in [0.15, 0.2) is 5.76 Å². The first-order valence-electron chi connectivity index (χ1n) is 9.84. The summed E-state index contributed by atoms with van der Waals surface area (Å²) in [5, 5.41) is 8.02. The van der Waals surface area contributed by atoms with E-state index in [-0.39, 0.29) is 11.9 Å². The summed E-state index contributed by atoms with van der Waals surface area (Å²) in [4.78, 5) is 17.9. The Hall–Kier alpha value is -3.48. The molecule has 0 saturated heterocycles. The van der Waals surface area contributed by atoms with Crippen molar-refractivity contribution in [3.05, 3.63) is 71.0 Å². The van der Waals surface area contributed by atoms with Gasteiger partial charge in [0.2, 0.25) is 0 Å². The number of rotatable bonds is 5. The van der Waals surface area contributed by atoms with Crippen LogP contribution in [0.2, 0.25) is 0 Å². The highest BCUT2D eigenvalue weighted by Crippen LogP contribution is 2.28. The van der Waals surface area contributed by atoms with E-state index in [2.05, 4.69) is 15.4 Å². The number of amides is 1. The Labute approximate surface area is 173 Å². The van der Waals surface area contributed by atoms with Crippen LogP contribution in [0.25, 0.3) is 22.4 Å². The van der Waals surface area contributed by atoms with Gasteiger partial charge in [-0.3, -0.25) is 9.48 Å². The molecular formula is C23H23FN4O2. The highest BCUT2D eigenvalue weighted by molar-refractivity contribution is 6.07. The van der Waals surface area contributed by atoms with Crippen LogP contribution in [-0.2, 0) is 7.05 Å². The SMILES string of the molecule is CCC(NC(=O)c1cc(-c2ccco2)nc2ccc(F)cc12)c1c(C)nn(C)c1C. The van der Waals surface area contributed by atoms with E-state index in [0.717, 1.165) is 17.0 Å². The molecule has 1 unspecified atom stereocenters. The van der Waals surface area contributed by atoms with E-state index in [1.807, 2.05) is 32.5 Å². The topological polar surface area (TPSA) is 73.0 Å². The summed E-state index contributed by atoms with van der Waals surface area (Å²) >= 11 is 0. The van der Waals surface area contributed by atoms with E-state index < -0.39 is 5.82 Å². The molecular weight excluding hydrogens is 383 g/mol. The number of hydrogen-bond acceptors (Lipinski definition) is 4. The van der Waals surface area contributed by atoms with E-state index in [4.69, 9.17) is 4.42 Å². The minimum Gasteiger partial charge on any atom is -0.463 e. The third-order valence-corrected chi connectivity index (χ3v) is 5.42. The van der Waals surface area contributed by atoms with Gasteiger partial charge in [-0.1, -0.05) is 6.92 Å². The first-order chi connectivity index (χ1) is 14.4. The van der Waals surface area contributed by atoms with Gasteiger partial charge in [-0.15, -0.1) is 0 Å². The molecule has 7 heteroatoms. The molecule has 30 heavy (non-hydrogen) atoms. The van der Waals surface area contributed by atoms with Crippen molar-refractivity contribution in [2.45, 2.75) is 33.2 Å². The maximum atomic E-state index is 14.0. The summed E-state index contributed by atoms with van der Waals surface area (Å²) in [6.45, 7) is 5.93. The van der Waals surface area contributed by atoms with Crippen LogP contribution in [0, 0.1) is 19.7 Å². The van der Waals surface area contributed by atoms with Gasteiger partial charge in [-0.05, 0) is 56.7 Å². The maximum absolute atomic E-state index is 14.0. The monoisotopic (exact) mass is 406 g/mol. The second-order valence-corrected chi connectivity index (χ2v) is 7.34. The van der Waals surface area contributed by atoms with Crippen LogP contribution in [0.3, 0.4) is 0 Å². The van der Waals surface area contributed by atoms with Crippen LogP contribution in [0.4, 0.5) is 4.39 Å². The molecule has 1 amide bonds. The average Bonchev–Trinajstić information content (AvgIpc) is 3.34. The highest BCUT2D eigenvalue weighted by atomic mass is 19.1. The Kier molecular flexibility index (Phi) is 5.11. The Morgan fingerprint density at radius 2 is 2.07 bits per heavy atom. The molecule has 0 radical (unpaired) electrons. The number of aryl methyl sites for hydroxylation is 2. The van der Waals surface area contributed by atoms with Crippen molar-refractivity contribution in [2.75, 3.05) is 0 Å². The molecule has 1 N–H and O–H groups in total. The molecule has 0 fully saturated rings. The fraction of sp³-hybridized carbons (Fsp3) is 0.261. The van der Waals surface area contributed by atoms with Crippen LogP contribution in [0.15, 0.2) is 47.1 Å². The Morgan fingerprint density at radius 3 is 2.70 bits per heavy atom. The van der Waals surface area contributed by atoms with Gasteiger partial charge in [0.25, 0.3) is 5.91 Å². The molecule has 0 bridgehead atoms. The number of pyridine rings is 1. The number of fused-ring (bicyclic) bond motifs is 1. The van der Waals surface area contributed by atoms with Gasteiger partial charge in [-0.25, -0.2) is 9.37 Å². The molecule has 4 aromatic rings. The summed E-state index contributed by atoms with van der Waals surface area (Å²) in [5.41, 5.74) is 4.28. The van der Waals surface area contributed by atoms with Crippen LogP contribution in [0.1, 0.15) is 46.7 Å². The number of hydrogen-bond donors (Lipinski definition) is 1. The number of aromatic nitrogens is 3. The van der Waals surface area contributed by atoms with Crippen LogP contribution >= 0.6 is 0 Å². The van der Waals surface area contributed by atoms with Gasteiger partial charge in [0.1, 0.15) is 11.5 Å². The third-order valence-electron chi connectivity index (χ3n) is 5.42. The molecule has 4 rings (SSSR count). The zero-order chi connectivity index (χ0) is 21.4. The standard InChI is InChI=1S/C23H23FN4O2/c1-5-18(22-13(2)27-28(4)14(22)3)26-23(29)17-12-20(21-7-6-10-30-21)25-19-9-8-15(24)11-16(17)19/h6-12,18H,5H2,1-4H3,(H,26,29). The molecule has 1 aromatic carbocycles. The Balaban J connectivity index is 1.79. The lowest BCUT2D eigenvalue weighted by atomic mass is 10.0. The summed E-state index contributed by atoms with van der Waals surface area (Å²) in [7, 11) is 1.88. The van der Waals surface area contributed by atoms with Crippen molar-refractivity contribution in [1.29, 1.82) is 0 Å². The quantitative estimate of drug-likeness (QED) is 0.513. The molecule has 0 saturated carbocycles. The average molecular weight is 406 g/mol. The second kappa shape index (κ2) is 7.74. The smallest absolute Gasteiger partial charge is 0.252 e. The second-order valence-electron chi connectivity index (χ2n) is 7.34. The zero-order valence-electron chi connectivity index (χ0n) is 17.4. The van der Waals surface area contributed by atoms with E-state index in [0.29, 0.717) is 34.3 Å². The maximum Gasteiger partial charge on any atom is 0.252 e. The largest absolute Gasteiger partial charge is 0.463 e. The number of benzene rings is 1. The summed E-state index contributed by atoms with van der Waals surface area (Å²) in [5.74, 6) is -0.174. The van der Waals surface area contributed by atoms with Gasteiger partial charge < -0.3 is 9.73 Å². The molecule has 0 spiro atoms. The number of furan rings is 1. The van der Waals surface area contributed by atoms with Crippen molar-refractivity contribution >= 4 is 16.8 Å². The minimum absolute atomic E-state index is 0.213. The van der Waals surface area contributed by atoms with E-state index in [1.165, 1.54) is 12.1 Å². The lowest BCUT2D eigenvalue weighted by Gasteiger charge is -2.19. The van der Waals surface area contributed by atoms with Gasteiger partial charge in [-0.2, -0.15) is 5.10 Å². The summed E-state index contributed by atoms with van der Waals surface area (Å²) < 4.78 is 21.2. The van der Waals surface area contributed by atoms with Gasteiger partial charge in [0.05, 0.1) is 29.1 Å². The van der Waals surface area contributed by atoms with Crippen molar-refractivity contribution in [3.8, 4) is 11.5 Å². The third kappa shape index (κ3) is 3.47. The molecule has 0 aliphatic rings. The van der Waals surface area contributed by atoms with E-state index >= 15 is 0 Å². The van der Waals surface area contributed by atoms with E-state index in [1.54, 1.807) is 30.5 Å². The van der Waals surface area contributed by atoms with Gasteiger partial charge >= 0.3 is 0 Å². The minimum atomic E-state index is -0.421. The van der Waals surface area contributed by atoms with Crippen LogP contribution in [-0.4, -0.2) is 20.7 Å². The number of carbonyl (C=O) groups is 1. The molecule has 1 atom stereocenters. The number of halogens is 1. The van der Waals surface area contributed by atoms with Crippen LogP contribution < -0.4 is 5.32 Å². The van der Waals surface area contributed by atoms with E-state index in [9.17, 15) is 9.18 Å². The summed E-state index contributed by atoms with van der Waals surface area (Å²) in [6, 6.07) is 9.20. The Morgan fingerprint density at radius 1 is 1.27 bits per heavy atom. The van der Waals surface area contributed by atoms with Crippen molar-refractivity contribution in [2.24, 2.45) is 7.05 Å². The molecule has 3 heterocycles. The first-order valence-corrected chi connectivity index (χ1v) is 9.84. The van der Waals surface area contributed by atoms with Crippen LogP contribution in [0.5, 0.6) is 0 Å². The number of carbonyl (C=O) groups excluding carboxylic acids is 1. The van der Waals surface area contributed by atoms with Crippen molar-refractivity contribution in [3.63, 3.8) is 0 Å². The molecule has 3 aromatic heterocycles. The molecule has 0 aliphatic heterocycles. The predicted octanol–water partition coefficient (Wildman–Crippen LogP) is 4.87. The first kappa shape index (κ1) is 19.8. The van der Waals surface area contributed by atoms with Crippen molar-refractivity contribution < 1.29 is 13.6 Å². The lowest BCUT2D eigenvalue weighted by molar-refractivity contribution is 0.0937. The zero-order valence-corrected chi connectivity index (χ0v) is 17.4. The lowest BCUT2D eigenvalue weighted by Crippen LogP contribution is -2.29. The molecule has 154 valence electrons. The predicted molar refractivity (Wildman–Crippen MR) is 113 cm³/mol. The van der Waals surface area contributed by atoms with Gasteiger partial charge in [0, 0.05) is 23.7 Å². The summed E-state index contributed by atoms with van der Waals surface area (Å²) in [6.07, 6.45) is 2.24. The Bertz CT molecular complexity index is 1230. The number of nitrogens with one attached hydrogen (secondary N) is 1. The number of nitrogens with zero attached hydrogens (tertiary/aromatic N) is 3. The fourth-order valence-electron chi connectivity index (χ4n) is 3.85.